The van der Waals surface area contributed by atoms with Gasteiger partial charge in [0.2, 0.25) is 10.9 Å². The number of nitrogens with one attached hydrogen (secondary N) is 1. The maximum Gasteiger partial charge on any atom is 0.350 e. The van der Waals surface area contributed by atoms with Crippen LogP contribution in [0.3, 0.4) is 0 Å². The normalized spacial score (nSPS) is 10.8. The van der Waals surface area contributed by atoms with Crippen molar-refractivity contribution in [1.82, 2.24) is 4.98 Å². The van der Waals surface area contributed by atoms with Gasteiger partial charge in [0.1, 0.15) is 4.88 Å². The Balaban J connectivity index is 2.22. The van der Waals surface area contributed by atoms with Gasteiger partial charge < -0.3 is 14.2 Å². The van der Waals surface area contributed by atoms with Gasteiger partial charge in [0.05, 0.1) is 37.2 Å². The van der Waals surface area contributed by atoms with Crippen molar-refractivity contribution in [2.24, 2.45) is 5.10 Å². The summed E-state index contributed by atoms with van der Waals surface area (Å²) in [5, 5.41) is 15.9. The van der Waals surface area contributed by atoms with E-state index < -0.39 is 10.9 Å². The molecule has 1 heterocycles. The van der Waals surface area contributed by atoms with Gasteiger partial charge in [-0.15, -0.1) is 0 Å². The van der Waals surface area contributed by atoms with E-state index in [0.29, 0.717) is 34.3 Å². The first kappa shape index (κ1) is 22.1. The number of methoxy groups -OCH3 is 1. The molecule has 11 heteroatoms. The van der Waals surface area contributed by atoms with Crippen LogP contribution in [0.25, 0.3) is 0 Å². The zero-order chi connectivity index (χ0) is 21.4. The molecule has 1 N–H and O–H groups in total. The molecule has 0 saturated heterocycles. The summed E-state index contributed by atoms with van der Waals surface area (Å²) in [6.07, 6.45) is 2.09. The molecule has 2 rings (SSSR count). The number of hydrazone groups is 1. The van der Waals surface area contributed by atoms with Gasteiger partial charge in [-0.3, -0.25) is 15.5 Å². The number of rotatable bonds is 10. The number of hydrogen-bond donors (Lipinski definition) is 1. The number of anilines is 1. The molecule has 0 unspecified atom stereocenters. The summed E-state index contributed by atoms with van der Waals surface area (Å²) in [7, 11) is 1.41. The summed E-state index contributed by atoms with van der Waals surface area (Å²) in [4.78, 5) is 27.3. The number of carbonyl (C=O) groups is 1. The van der Waals surface area contributed by atoms with E-state index in [2.05, 4.69) is 15.5 Å². The monoisotopic (exact) mass is 422 g/mol. The number of hydrogen-bond acceptors (Lipinski definition) is 10. The zero-order valence-electron chi connectivity index (χ0n) is 16.6. The first-order chi connectivity index (χ1) is 13.9. The van der Waals surface area contributed by atoms with Crippen molar-refractivity contribution in [3.63, 3.8) is 0 Å². The number of ether oxygens (including phenoxy) is 3. The molecule has 1 aromatic carbocycles. The third-order valence-electron chi connectivity index (χ3n) is 3.56. The molecule has 2 aromatic rings. The summed E-state index contributed by atoms with van der Waals surface area (Å²) < 4.78 is 15.7. The van der Waals surface area contributed by atoms with Crippen molar-refractivity contribution >= 4 is 34.3 Å². The number of nitrogens with zero attached hydrogens (tertiary/aromatic N) is 3. The molecule has 0 atom stereocenters. The Morgan fingerprint density at radius 3 is 2.79 bits per heavy atom. The van der Waals surface area contributed by atoms with Crippen LogP contribution in [0.15, 0.2) is 17.2 Å². The quantitative estimate of drug-likeness (QED) is 0.265. The lowest BCUT2D eigenvalue weighted by molar-refractivity contribution is -0.386. The third-order valence-corrected chi connectivity index (χ3v) is 4.60. The molecule has 0 bridgehead atoms. The van der Waals surface area contributed by atoms with Gasteiger partial charge in [0.25, 0.3) is 0 Å². The molecule has 0 radical (unpaired) electrons. The molecule has 10 nitrogen and oxygen atoms in total. The number of carbonyl (C=O) groups excluding carboxylic acids is 1. The Kier molecular flexibility index (Phi) is 7.89. The number of esters is 1. The minimum Gasteiger partial charge on any atom is -0.493 e. The van der Waals surface area contributed by atoms with Gasteiger partial charge in [-0.25, -0.2) is 9.78 Å². The first-order valence-electron chi connectivity index (χ1n) is 8.84. The van der Waals surface area contributed by atoms with Crippen LogP contribution < -0.4 is 14.9 Å². The van der Waals surface area contributed by atoms with Crippen LogP contribution in [-0.2, 0) is 4.74 Å². The molecule has 0 aliphatic heterocycles. The molecule has 0 aliphatic carbocycles. The molecule has 0 aliphatic rings. The molecule has 0 saturated carbocycles. The first-order valence-corrected chi connectivity index (χ1v) is 9.65. The predicted molar refractivity (Wildman–Crippen MR) is 109 cm³/mol. The predicted octanol–water partition coefficient (Wildman–Crippen LogP) is 3.78. The van der Waals surface area contributed by atoms with Gasteiger partial charge in [0, 0.05) is 11.6 Å². The van der Waals surface area contributed by atoms with Crippen LogP contribution >= 0.6 is 11.3 Å². The molecule has 29 heavy (non-hydrogen) atoms. The number of thiazole rings is 1. The second kappa shape index (κ2) is 10.4. The maximum atomic E-state index is 11.8. The summed E-state index contributed by atoms with van der Waals surface area (Å²) in [5.41, 5.74) is 3.46. The smallest absolute Gasteiger partial charge is 0.350 e. The fourth-order valence-corrected chi connectivity index (χ4v) is 3.12. The molecule has 156 valence electrons. The Morgan fingerprint density at radius 2 is 2.17 bits per heavy atom. The molecule has 0 fully saturated rings. The number of nitro benzene ring substituents is 1. The fourth-order valence-electron chi connectivity index (χ4n) is 2.31. The van der Waals surface area contributed by atoms with E-state index in [4.69, 9.17) is 14.2 Å². The Hall–Kier alpha value is -3.21. The molecular formula is C18H22N4O6S. The maximum absolute atomic E-state index is 11.8. The van der Waals surface area contributed by atoms with Gasteiger partial charge >= 0.3 is 11.7 Å². The Labute approximate surface area is 171 Å². The number of benzene rings is 1. The molecular weight excluding hydrogens is 400 g/mol. The largest absolute Gasteiger partial charge is 0.493 e. The highest BCUT2D eigenvalue weighted by Gasteiger charge is 2.22. The van der Waals surface area contributed by atoms with E-state index in [9.17, 15) is 14.9 Å². The van der Waals surface area contributed by atoms with Crippen LogP contribution in [0.5, 0.6) is 11.5 Å². The average Bonchev–Trinajstić information content (AvgIpc) is 3.06. The Morgan fingerprint density at radius 1 is 1.41 bits per heavy atom. The van der Waals surface area contributed by atoms with E-state index in [-0.39, 0.29) is 23.8 Å². The van der Waals surface area contributed by atoms with Crippen molar-refractivity contribution in [3.8, 4) is 11.5 Å². The van der Waals surface area contributed by atoms with Crippen LogP contribution in [0.1, 0.15) is 41.2 Å². The second-order valence-corrected chi connectivity index (χ2v) is 6.70. The highest BCUT2D eigenvalue weighted by atomic mass is 32.1. The topological polar surface area (TPSA) is 125 Å². The second-order valence-electron chi connectivity index (χ2n) is 5.70. The van der Waals surface area contributed by atoms with Crippen molar-refractivity contribution in [1.29, 1.82) is 0 Å². The van der Waals surface area contributed by atoms with E-state index in [1.807, 2.05) is 6.92 Å². The number of aromatic nitrogens is 1. The standard InChI is InChI=1S/C18H22N4O6S/c1-5-7-28-15-13(22(24)25)8-12(9-14(15)26-4)10-19-21-18-20-11(3)16(29-18)17(23)27-6-2/h8-10H,5-7H2,1-4H3,(H,20,21)/b19-10-. The highest BCUT2D eigenvalue weighted by Crippen LogP contribution is 2.38. The van der Waals surface area contributed by atoms with Crippen LogP contribution in [0.2, 0.25) is 0 Å². The van der Waals surface area contributed by atoms with Crippen molar-refractivity contribution in [3.05, 3.63) is 38.4 Å². The summed E-state index contributed by atoms with van der Waals surface area (Å²) in [5.74, 6) is -0.120. The molecule has 0 amide bonds. The SMILES string of the molecule is CCCOc1c(OC)cc(/C=N\Nc2nc(C)c(C(=O)OCC)s2)cc1[N+](=O)[O-]. The zero-order valence-corrected chi connectivity index (χ0v) is 17.4. The number of nitro groups is 1. The lowest BCUT2D eigenvalue weighted by atomic mass is 10.2. The van der Waals surface area contributed by atoms with Crippen LogP contribution in [0.4, 0.5) is 10.8 Å². The van der Waals surface area contributed by atoms with Gasteiger partial charge in [-0.05, 0) is 26.3 Å². The van der Waals surface area contributed by atoms with Crippen molar-refractivity contribution in [2.45, 2.75) is 27.2 Å². The average molecular weight is 422 g/mol. The molecule has 1 aromatic heterocycles. The minimum atomic E-state index is -0.534. The van der Waals surface area contributed by atoms with Crippen LogP contribution in [-0.4, -0.2) is 42.4 Å². The number of aryl methyl sites for hydroxylation is 1. The summed E-state index contributed by atoms with van der Waals surface area (Å²) in [6, 6.07) is 2.93. The fraction of sp³-hybridized carbons (Fsp3) is 0.389. The van der Waals surface area contributed by atoms with E-state index in [1.165, 1.54) is 19.4 Å². The van der Waals surface area contributed by atoms with Gasteiger partial charge in [-0.1, -0.05) is 18.3 Å². The Bertz CT molecular complexity index is 912. The molecule has 0 spiro atoms. The summed E-state index contributed by atoms with van der Waals surface area (Å²) in [6.45, 7) is 5.93. The van der Waals surface area contributed by atoms with Crippen LogP contribution in [0, 0.1) is 17.0 Å². The minimum absolute atomic E-state index is 0.0825. The van der Waals surface area contributed by atoms with Gasteiger partial charge in [0.15, 0.2) is 5.75 Å². The third kappa shape index (κ3) is 5.64. The summed E-state index contributed by atoms with van der Waals surface area (Å²) >= 11 is 1.11. The van der Waals surface area contributed by atoms with E-state index in [0.717, 1.165) is 11.3 Å². The lowest BCUT2D eigenvalue weighted by Crippen LogP contribution is -2.03. The van der Waals surface area contributed by atoms with Gasteiger partial charge in [-0.2, -0.15) is 5.10 Å². The van der Waals surface area contributed by atoms with Crippen molar-refractivity contribution < 1.29 is 23.9 Å². The highest BCUT2D eigenvalue weighted by molar-refractivity contribution is 7.17. The van der Waals surface area contributed by atoms with Crippen molar-refractivity contribution in [2.75, 3.05) is 25.7 Å². The van der Waals surface area contributed by atoms with E-state index in [1.54, 1.807) is 19.9 Å². The van der Waals surface area contributed by atoms with E-state index >= 15 is 0 Å². The lowest BCUT2D eigenvalue weighted by Gasteiger charge is -2.11.